The lowest BCUT2D eigenvalue weighted by molar-refractivity contribution is -0.155. The summed E-state index contributed by atoms with van der Waals surface area (Å²) in [4.78, 5) is 88.7. The van der Waals surface area contributed by atoms with Crippen LogP contribution in [-0.2, 0) is 35.2 Å². The molecule has 0 radical (unpaired) electrons. The normalized spacial score (nSPS) is 21.3. The van der Waals surface area contributed by atoms with Crippen molar-refractivity contribution in [3.05, 3.63) is 66.2 Å². The highest BCUT2D eigenvalue weighted by Crippen LogP contribution is 2.49. The van der Waals surface area contributed by atoms with Crippen LogP contribution >= 0.6 is 0 Å². The van der Waals surface area contributed by atoms with Crippen molar-refractivity contribution in [3.63, 3.8) is 0 Å². The van der Waals surface area contributed by atoms with Crippen molar-refractivity contribution >= 4 is 41.3 Å². The summed E-state index contributed by atoms with van der Waals surface area (Å²) in [5, 5.41) is 9.05. The third-order valence-electron chi connectivity index (χ3n) is 13.2. The Kier molecular flexibility index (Phi) is 16.9. The number of likely N-dealkylation sites (N-methyl/N-ethyl adjacent to an activating group) is 1. The van der Waals surface area contributed by atoms with Gasteiger partial charge in [0.2, 0.25) is 17.7 Å². The van der Waals surface area contributed by atoms with Gasteiger partial charge in [0.25, 0.3) is 0 Å². The van der Waals surface area contributed by atoms with E-state index >= 15 is 4.79 Å². The number of hydrogen-bond acceptors (Lipinski definition) is 10. The van der Waals surface area contributed by atoms with Gasteiger partial charge in [0.1, 0.15) is 17.9 Å². The van der Waals surface area contributed by atoms with Crippen molar-refractivity contribution in [2.24, 2.45) is 34.5 Å². The molecule has 2 saturated carbocycles. The molecule has 0 bridgehead atoms. The number of aldehydes is 1. The number of nitrogens with one attached hydrogen (secondary N) is 3. The van der Waals surface area contributed by atoms with E-state index in [1.807, 2.05) is 36.4 Å². The van der Waals surface area contributed by atoms with Crippen LogP contribution in [0.5, 0.6) is 0 Å². The Morgan fingerprint density at radius 2 is 1.51 bits per heavy atom. The number of hydrogen-bond donors (Lipinski definition) is 6. The van der Waals surface area contributed by atoms with Gasteiger partial charge in [-0.15, -0.1) is 0 Å². The Labute approximate surface area is 349 Å². The van der Waals surface area contributed by atoms with Gasteiger partial charge in [0, 0.05) is 12.2 Å². The van der Waals surface area contributed by atoms with E-state index in [9.17, 15) is 24.0 Å². The van der Waals surface area contributed by atoms with E-state index in [4.69, 9.17) is 17.2 Å². The molecule has 5 rings (SSSR count). The summed E-state index contributed by atoms with van der Waals surface area (Å²) in [5.41, 5.74) is 17.0. The highest BCUT2D eigenvalue weighted by molar-refractivity contribution is 6.13. The van der Waals surface area contributed by atoms with Crippen molar-refractivity contribution in [2.75, 3.05) is 25.5 Å². The summed E-state index contributed by atoms with van der Waals surface area (Å²) in [5.74, 6) is -4.08. The molecular weight excluding hydrogens is 747 g/mol. The van der Waals surface area contributed by atoms with E-state index in [0.717, 1.165) is 44.1 Å². The number of anilines is 1. The lowest BCUT2D eigenvalue weighted by Crippen LogP contribution is -2.70. The molecule has 6 atom stereocenters. The molecule has 2 aromatic carbocycles. The zero-order valence-electron chi connectivity index (χ0n) is 34.9. The van der Waals surface area contributed by atoms with Crippen LogP contribution < -0.4 is 33.2 Å². The number of unbranched alkanes of at least 4 members (excludes halogenated alkanes) is 1. The first-order valence-electron chi connectivity index (χ1n) is 22.0. The van der Waals surface area contributed by atoms with E-state index < -0.39 is 64.4 Å². The van der Waals surface area contributed by atoms with Crippen molar-refractivity contribution < 1.29 is 28.8 Å². The van der Waals surface area contributed by atoms with E-state index in [-0.39, 0.29) is 44.1 Å². The summed E-state index contributed by atoms with van der Waals surface area (Å²) in [7, 11) is 1.69. The summed E-state index contributed by atoms with van der Waals surface area (Å²) in [6.45, 7) is 0.616. The van der Waals surface area contributed by atoms with Gasteiger partial charge in [0.05, 0.1) is 29.5 Å². The van der Waals surface area contributed by atoms with Crippen molar-refractivity contribution in [2.45, 2.75) is 139 Å². The average molecular weight is 814 g/mol. The fraction of sp³-hybridized carbons (Fsp3) is 0.609. The Balaban J connectivity index is 1.51. The molecule has 2 aromatic rings. The molecular formula is C46H67N7O6. The first kappa shape index (κ1) is 45.8. The molecule has 1 aliphatic heterocycles. The van der Waals surface area contributed by atoms with E-state index in [0.29, 0.717) is 63.5 Å². The number of ketones is 2. The zero-order valence-corrected chi connectivity index (χ0v) is 34.9. The highest BCUT2D eigenvalue weighted by Gasteiger charge is 2.62. The summed E-state index contributed by atoms with van der Waals surface area (Å²) < 4.78 is 0. The van der Waals surface area contributed by atoms with Crippen LogP contribution in [0.3, 0.4) is 0 Å². The Morgan fingerprint density at radius 1 is 0.864 bits per heavy atom. The zero-order chi connectivity index (χ0) is 42.4. The minimum absolute atomic E-state index is 0.183. The van der Waals surface area contributed by atoms with Gasteiger partial charge >= 0.3 is 0 Å². The number of para-hydroxylation sites is 1. The number of amides is 3. The average Bonchev–Trinajstić information content (AvgIpc) is 3.76. The molecule has 13 heteroatoms. The number of nitrogens with two attached hydrogens (primary N) is 3. The number of rotatable bonds is 21. The second-order valence-electron chi connectivity index (χ2n) is 17.2. The van der Waals surface area contributed by atoms with Crippen molar-refractivity contribution in [1.82, 2.24) is 15.5 Å². The van der Waals surface area contributed by atoms with Gasteiger partial charge in [0.15, 0.2) is 11.6 Å². The molecule has 1 saturated heterocycles. The molecule has 322 valence electrons. The highest BCUT2D eigenvalue weighted by atomic mass is 16.2. The van der Waals surface area contributed by atoms with Gasteiger partial charge in [-0.2, -0.15) is 0 Å². The molecule has 3 amide bonds. The van der Waals surface area contributed by atoms with Gasteiger partial charge in [-0.25, -0.2) is 0 Å². The quantitative estimate of drug-likeness (QED) is 0.0606. The predicted octanol–water partition coefficient (Wildman–Crippen LogP) is 3.96. The first-order valence-corrected chi connectivity index (χ1v) is 22.0. The smallest absolute Gasteiger partial charge is 0.245 e. The monoisotopic (exact) mass is 814 g/mol. The third-order valence-corrected chi connectivity index (χ3v) is 13.2. The minimum Gasteiger partial charge on any atom is -0.343 e. The Hall–Kier alpha value is -4.30. The molecule has 3 fully saturated rings. The maximum atomic E-state index is 15.6. The maximum absolute atomic E-state index is 15.6. The molecule has 59 heavy (non-hydrogen) atoms. The van der Waals surface area contributed by atoms with Crippen LogP contribution in [0, 0.1) is 17.3 Å². The minimum atomic E-state index is -2.44. The van der Waals surface area contributed by atoms with Crippen molar-refractivity contribution in [1.29, 1.82) is 0 Å². The summed E-state index contributed by atoms with van der Waals surface area (Å²) in [6, 6.07) is 14.6. The lowest BCUT2D eigenvalue weighted by atomic mass is 9.55. The number of Topliss-reactive ketones (excluding diaryl/α,β-unsaturated/α-hetero) is 2. The standard InChI is InChI=1S/C46H67N7O6/c1-50-37(30-33-19-8-3-9-20-33)42(57)52-36(23-12-15-27-47)43(58)53-28-16-24-38(53)39(55)40(46(49,31-54)41(56)35(48)29-32-17-6-2-7-18-32)45(25-13-5-14-26-45)44(59)51-34-21-10-4-11-22-34/h3-4,8-11,19-22,31-32,35-38,40,50H,2,5-7,12-18,23-30,47-49H2,1H3,(H,51,59)(H,52,57)/t35-,36+,37+,38+,40?,46-/m1/s1. The second kappa shape index (κ2) is 21.8. The van der Waals surface area contributed by atoms with Crippen LogP contribution in [0.4, 0.5) is 5.69 Å². The fourth-order valence-corrected chi connectivity index (χ4v) is 9.97. The predicted molar refractivity (Wildman–Crippen MR) is 229 cm³/mol. The van der Waals surface area contributed by atoms with E-state index in [1.54, 1.807) is 31.3 Å². The van der Waals surface area contributed by atoms with Gasteiger partial charge in [-0.1, -0.05) is 99.9 Å². The number of benzene rings is 2. The molecule has 9 N–H and O–H groups in total. The van der Waals surface area contributed by atoms with Crippen molar-refractivity contribution in [3.8, 4) is 0 Å². The Morgan fingerprint density at radius 3 is 2.14 bits per heavy atom. The van der Waals surface area contributed by atoms with Gasteiger partial charge < -0.3 is 42.8 Å². The first-order chi connectivity index (χ1) is 28.5. The summed E-state index contributed by atoms with van der Waals surface area (Å²) >= 11 is 0. The molecule has 3 aliphatic rings. The van der Waals surface area contributed by atoms with E-state index in [2.05, 4.69) is 16.0 Å². The lowest BCUT2D eigenvalue weighted by Gasteiger charge is -2.48. The molecule has 0 spiro atoms. The van der Waals surface area contributed by atoms with Crippen LogP contribution in [0.25, 0.3) is 0 Å². The van der Waals surface area contributed by atoms with Crippen LogP contribution in [0.1, 0.15) is 108 Å². The van der Waals surface area contributed by atoms with Gasteiger partial charge in [-0.05, 0) is 95.0 Å². The number of carbonyl (C=O) groups is 6. The number of carbonyl (C=O) groups excluding carboxylic acids is 6. The SMILES string of the molecule is CN[C@@H](Cc1ccccc1)C(=O)N[C@@H](CCCCN)C(=O)N1CCC[C@H]1C(=O)C(C1(C(=O)Nc2ccccc2)CCCCC1)[C@](N)(C=O)C(=O)[C@H](N)CC1CCCCC1. The van der Waals surface area contributed by atoms with Crippen LogP contribution in [0.15, 0.2) is 60.7 Å². The number of likely N-dealkylation sites (tertiary alicyclic amines) is 1. The molecule has 1 unspecified atom stereocenters. The number of nitrogens with zero attached hydrogens (tertiary/aromatic N) is 1. The second-order valence-corrected chi connectivity index (χ2v) is 17.2. The topological polar surface area (TPSA) is 220 Å². The van der Waals surface area contributed by atoms with Gasteiger partial charge in [-0.3, -0.25) is 24.0 Å². The van der Waals surface area contributed by atoms with E-state index in [1.165, 1.54) is 4.90 Å². The largest absolute Gasteiger partial charge is 0.343 e. The summed E-state index contributed by atoms with van der Waals surface area (Å²) in [6.07, 6.45) is 10.6. The molecule has 0 aromatic heterocycles. The van der Waals surface area contributed by atoms with Crippen LogP contribution in [0.2, 0.25) is 0 Å². The maximum Gasteiger partial charge on any atom is 0.245 e. The van der Waals surface area contributed by atoms with Crippen LogP contribution in [-0.4, -0.2) is 90.3 Å². The molecule has 2 aliphatic carbocycles. The Bertz CT molecular complexity index is 1710. The molecule has 1 heterocycles. The third kappa shape index (κ3) is 11.1. The molecule has 13 nitrogen and oxygen atoms in total. The fourth-order valence-electron chi connectivity index (χ4n) is 9.97.